The summed E-state index contributed by atoms with van der Waals surface area (Å²) in [7, 11) is 0. The van der Waals surface area contributed by atoms with E-state index in [4.69, 9.17) is 9.72 Å². The summed E-state index contributed by atoms with van der Waals surface area (Å²) in [5.74, 6) is -0.972. The van der Waals surface area contributed by atoms with Gasteiger partial charge in [0.15, 0.2) is 6.10 Å². The lowest BCUT2D eigenvalue weighted by molar-refractivity contribution is -0.160. The van der Waals surface area contributed by atoms with Gasteiger partial charge in [0, 0.05) is 30.0 Å². The lowest BCUT2D eigenvalue weighted by Gasteiger charge is -2.41. The van der Waals surface area contributed by atoms with Crippen molar-refractivity contribution < 1.29 is 14.6 Å². The van der Waals surface area contributed by atoms with Gasteiger partial charge in [-0.15, -0.1) is 0 Å². The highest BCUT2D eigenvalue weighted by Gasteiger charge is 2.36. The Kier molecular flexibility index (Phi) is 8.51. The van der Waals surface area contributed by atoms with E-state index in [-0.39, 0.29) is 5.41 Å². The molecule has 3 aromatic rings. The van der Waals surface area contributed by atoms with Crippen molar-refractivity contribution >= 4 is 11.7 Å². The van der Waals surface area contributed by atoms with E-state index in [1.807, 2.05) is 33.8 Å². The smallest absolute Gasteiger partial charge is 0.337 e. The van der Waals surface area contributed by atoms with Gasteiger partial charge in [0.05, 0.1) is 11.3 Å². The minimum Gasteiger partial charge on any atom is -0.479 e. The van der Waals surface area contributed by atoms with Crippen LogP contribution in [0.15, 0.2) is 54.6 Å². The molecule has 208 valence electrons. The summed E-state index contributed by atoms with van der Waals surface area (Å²) in [6.45, 7) is 16.1. The first-order valence-electron chi connectivity index (χ1n) is 14.1. The number of anilines is 1. The third-order valence-corrected chi connectivity index (χ3v) is 7.82. The van der Waals surface area contributed by atoms with E-state index in [2.05, 4.69) is 74.2 Å². The van der Waals surface area contributed by atoms with Gasteiger partial charge in [0.1, 0.15) is 0 Å². The Balaban J connectivity index is 1.72. The normalized spacial score (nSPS) is 16.2. The maximum atomic E-state index is 12.6. The number of carbonyl (C=O) groups is 1. The number of piperidine rings is 1. The van der Waals surface area contributed by atoms with Gasteiger partial charge in [-0.3, -0.25) is 4.98 Å². The molecule has 0 aliphatic carbocycles. The van der Waals surface area contributed by atoms with Crippen LogP contribution in [0.1, 0.15) is 81.6 Å². The van der Waals surface area contributed by atoms with E-state index in [1.54, 1.807) is 0 Å². The van der Waals surface area contributed by atoms with Crippen molar-refractivity contribution in [2.45, 2.75) is 85.9 Å². The lowest BCUT2D eigenvalue weighted by atomic mass is 9.82. The summed E-state index contributed by atoms with van der Waals surface area (Å²) < 4.78 is 6.19. The minimum atomic E-state index is -1.08. The van der Waals surface area contributed by atoms with Gasteiger partial charge in [0.2, 0.25) is 0 Å². The fourth-order valence-electron chi connectivity index (χ4n) is 5.54. The summed E-state index contributed by atoms with van der Waals surface area (Å²) >= 11 is 0. The number of hydrogen-bond donors (Lipinski definition) is 1. The number of carboxylic acids is 1. The largest absolute Gasteiger partial charge is 0.479 e. The molecule has 1 atom stereocenters. The monoisotopic (exact) mass is 528 g/mol. The highest BCUT2D eigenvalue weighted by Crippen LogP contribution is 2.41. The zero-order valence-electron chi connectivity index (χ0n) is 24.7. The molecule has 1 unspecified atom stereocenters. The summed E-state index contributed by atoms with van der Waals surface area (Å²) in [6.07, 6.45) is 2.68. The van der Waals surface area contributed by atoms with Crippen molar-refractivity contribution in [3.05, 3.63) is 82.7 Å². The number of hydrogen-bond acceptors (Lipinski definition) is 4. The van der Waals surface area contributed by atoms with E-state index in [0.29, 0.717) is 5.56 Å². The molecule has 1 aromatic heterocycles. The number of nitrogens with zero attached hydrogens (tertiary/aromatic N) is 2. The molecule has 0 amide bonds. The van der Waals surface area contributed by atoms with Crippen LogP contribution in [0.3, 0.4) is 0 Å². The van der Waals surface area contributed by atoms with Crippen LogP contribution in [0.4, 0.5) is 5.69 Å². The molecule has 5 heteroatoms. The van der Waals surface area contributed by atoms with E-state index < -0.39 is 17.7 Å². The number of ether oxygens (including phenoxy) is 1. The average molecular weight is 529 g/mol. The van der Waals surface area contributed by atoms with Crippen molar-refractivity contribution in [3.8, 4) is 11.1 Å². The second-order valence-corrected chi connectivity index (χ2v) is 12.7. The van der Waals surface area contributed by atoms with Crippen molar-refractivity contribution in [3.63, 3.8) is 0 Å². The van der Waals surface area contributed by atoms with Crippen molar-refractivity contribution in [2.75, 3.05) is 18.0 Å². The van der Waals surface area contributed by atoms with Crippen LogP contribution in [-0.2, 0) is 22.4 Å². The Morgan fingerprint density at radius 1 is 0.949 bits per heavy atom. The first-order valence-corrected chi connectivity index (χ1v) is 14.1. The number of carboxylic acid groups (broad SMARTS) is 1. The molecule has 0 saturated carbocycles. The molecule has 0 bridgehead atoms. The minimum absolute atomic E-state index is 0.280. The highest BCUT2D eigenvalue weighted by atomic mass is 16.5. The summed E-state index contributed by atoms with van der Waals surface area (Å²) in [5, 5.41) is 10.3. The zero-order chi connectivity index (χ0) is 28.4. The molecule has 1 aliphatic heterocycles. The van der Waals surface area contributed by atoms with Gasteiger partial charge >= 0.3 is 5.97 Å². The first kappa shape index (κ1) is 28.8. The summed E-state index contributed by atoms with van der Waals surface area (Å²) in [5.41, 5.74) is 7.90. The Labute approximate surface area is 234 Å². The molecular formula is C34H44N2O3. The molecule has 2 aromatic carbocycles. The van der Waals surface area contributed by atoms with Crippen LogP contribution in [0.25, 0.3) is 11.1 Å². The molecule has 1 N–H and O–H groups in total. The number of benzene rings is 2. The zero-order valence-corrected chi connectivity index (χ0v) is 24.7. The van der Waals surface area contributed by atoms with Crippen LogP contribution in [0.5, 0.6) is 0 Å². The fourth-order valence-corrected chi connectivity index (χ4v) is 5.54. The number of pyridine rings is 1. The Morgan fingerprint density at radius 3 is 2.10 bits per heavy atom. The topological polar surface area (TPSA) is 62.7 Å². The van der Waals surface area contributed by atoms with Crippen molar-refractivity contribution in [1.29, 1.82) is 0 Å². The number of aliphatic carboxylic acids is 1. The van der Waals surface area contributed by atoms with Crippen molar-refractivity contribution in [2.24, 2.45) is 5.41 Å². The predicted molar refractivity (Wildman–Crippen MR) is 159 cm³/mol. The van der Waals surface area contributed by atoms with Crippen LogP contribution in [0, 0.1) is 19.3 Å². The molecule has 1 fully saturated rings. The third-order valence-electron chi connectivity index (χ3n) is 7.82. The van der Waals surface area contributed by atoms with Gasteiger partial charge in [-0.2, -0.15) is 0 Å². The molecular weight excluding hydrogens is 484 g/mol. The quantitative estimate of drug-likeness (QED) is 0.324. The van der Waals surface area contributed by atoms with Crippen LogP contribution in [-0.4, -0.2) is 34.8 Å². The van der Waals surface area contributed by atoms with E-state index >= 15 is 0 Å². The van der Waals surface area contributed by atoms with Crippen LogP contribution < -0.4 is 4.90 Å². The van der Waals surface area contributed by atoms with E-state index in [1.165, 1.54) is 16.7 Å². The number of aryl methyl sites for hydroxylation is 3. The Bertz CT molecular complexity index is 1280. The number of rotatable bonds is 8. The standard InChI is InChI=1S/C34H44N2O3/c1-23-28(18-15-25-13-16-27(17-14-25)26-11-9-8-10-12-26)30(36-21-19-34(6,7)20-22-36)29(24(2)35-23)31(32(37)38)39-33(3,4)5/h8-14,16-17,31H,15,18-22H2,1-7H3,(H,37,38). The van der Waals surface area contributed by atoms with Gasteiger partial charge in [-0.1, -0.05) is 68.4 Å². The molecule has 5 nitrogen and oxygen atoms in total. The molecule has 0 spiro atoms. The predicted octanol–water partition coefficient (Wildman–Crippen LogP) is 7.72. The van der Waals surface area contributed by atoms with Crippen LogP contribution in [0.2, 0.25) is 0 Å². The fraction of sp³-hybridized carbons (Fsp3) is 0.471. The molecule has 2 heterocycles. The van der Waals surface area contributed by atoms with Crippen LogP contribution >= 0.6 is 0 Å². The Morgan fingerprint density at radius 2 is 1.54 bits per heavy atom. The molecule has 39 heavy (non-hydrogen) atoms. The van der Waals surface area contributed by atoms with Crippen molar-refractivity contribution in [1.82, 2.24) is 4.98 Å². The maximum Gasteiger partial charge on any atom is 0.337 e. The third kappa shape index (κ3) is 7.07. The average Bonchev–Trinajstić information content (AvgIpc) is 2.87. The molecule has 1 saturated heterocycles. The molecule has 1 aliphatic rings. The van der Waals surface area contributed by atoms with Gasteiger partial charge in [-0.25, -0.2) is 4.79 Å². The van der Waals surface area contributed by atoms with Gasteiger partial charge in [-0.05, 0) is 88.0 Å². The lowest BCUT2D eigenvalue weighted by Crippen LogP contribution is -2.39. The van der Waals surface area contributed by atoms with Gasteiger partial charge in [0.25, 0.3) is 0 Å². The molecule has 4 rings (SSSR count). The second kappa shape index (κ2) is 11.5. The van der Waals surface area contributed by atoms with Gasteiger partial charge < -0.3 is 14.7 Å². The van der Waals surface area contributed by atoms with E-state index in [0.717, 1.165) is 61.4 Å². The SMILES string of the molecule is Cc1nc(C)c(C(OC(C)(C)C)C(=O)O)c(N2CCC(C)(C)CC2)c1CCc1ccc(-c2ccccc2)cc1. The number of aromatic nitrogens is 1. The van der Waals surface area contributed by atoms with E-state index in [9.17, 15) is 9.90 Å². The molecule has 0 radical (unpaired) electrons. The summed E-state index contributed by atoms with van der Waals surface area (Å²) in [6, 6.07) is 19.2. The second-order valence-electron chi connectivity index (χ2n) is 12.7. The summed E-state index contributed by atoms with van der Waals surface area (Å²) in [4.78, 5) is 19.9. The highest BCUT2D eigenvalue weighted by molar-refractivity contribution is 5.79. The maximum absolute atomic E-state index is 12.6. The first-order chi connectivity index (χ1) is 18.3. The Hall–Kier alpha value is -3.18.